The Morgan fingerprint density at radius 2 is 2.29 bits per heavy atom. The number of benzene rings is 1. The molecule has 1 heterocycles. The number of halogens is 3. The van der Waals surface area contributed by atoms with Crippen molar-refractivity contribution in [3.63, 3.8) is 0 Å². The van der Waals surface area contributed by atoms with E-state index in [1.807, 2.05) is 0 Å². The maximum atomic E-state index is 12.1. The number of hydrogen-bond acceptors (Lipinski definition) is 3. The molecule has 0 fully saturated rings. The monoisotopic (exact) mass is 315 g/mol. The van der Waals surface area contributed by atoms with Gasteiger partial charge in [-0.15, -0.1) is 0 Å². The van der Waals surface area contributed by atoms with Crippen LogP contribution in [0.15, 0.2) is 36.7 Å². The van der Waals surface area contributed by atoms with Crippen LogP contribution in [0.4, 0.5) is 8.78 Å². The fourth-order valence-electron chi connectivity index (χ4n) is 1.66. The van der Waals surface area contributed by atoms with Gasteiger partial charge in [-0.2, -0.15) is 13.9 Å². The van der Waals surface area contributed by atoms with Gasteiger partial charge in [-0.05, 0) is 18.2 Å². The molecule has 5 nitrogen and oxygen atoms in total. The average molecular weight is 316 g/mol. The normalized spacial score (nSPS) is 10.7. The first-order valence-electron chi connectivity index (χ1n) is 6.05. The number of alkyl halides is 2. The Bertz CT molecular complexity index is 619. The maximum Gasteiger partial charge on any atom is 0.387 e. The van der Waals surface area contributed by atoms with Crippen LogP contribution in [-0.2, 0) is 6.54 Å². The highest BCUT2D eigenvalue weighted by Gasteiger charge is 2.09. The summed E-state index contributed by atoms with van der Waals surface area (Å²) in [6, 6.07) is 5.60. The molecule has 0 aliphatic carbocycles. The summed E-state index contributed by atoms with van der Waals surface area (Å²) in [6.45, 7) is -2.14. The number of nitrogens with one attached hydrogen (secondary N) is 1. The van der Waals surface area contributed by atoms with Crippen LogP contribution in [0, 0.1) is 0 Å². The van der Waals surface area contributed by atoms with Gasteiger partial charge in [0.05, 0.1) is 17.8 Å². The van der Waals surface area contributed by atoms with E-state index in [-0.39, 0.29) is 17.2 Å². The van der Waals surface area contributed by atoms with Gasteiger partial charge in [0.1, 0.15) is 5.75 Å². The van der Waals surface area contributed by atoms with Crippen molar-refractivity contribution in [3.8, 4) is 5.75 Å². The average Bonchev–Trinajstić information content (AvgIpc) is 2.84. The second kappa shape index (κ2) is 7.03. The SMILES string of the molecule is O=C(NCCn1cc(Cl)cn1)c1cccc(OC(F)F)c1. The van der Waals surface area contributed by atoms with Crippen LogP contribution in [0.1, 0.15) is 10.4 Å². The number of hydrogen-bond donors (Lipinski definition) is 1. The Labute approximate surface area is 124 Å². The molecule has 0 aliphatic heterocycles. The summed E-state index contributed by atoms with van der Waals surface area (Å²) in [7, 11) is 0. The first-order chi connectivity index (χ1) is 10.0. The molecule has 112 valence electrons. The zero-order valence-corrected chi connectivity index (χ0v) is 11.6. The van der Waals surface area contributed by atoms with Gasteiger partial charge in [-0.3, -0.25) is 9.48 Å². The third kappa shape index (κ3) is 4.71. The van der Waals surface area contributed by atoms with Crippen molar-refractivity contribution in [2.45, 2.75) is 13.2 Å². The van der Waals surface area contributed by atoms with Crippen LogP contribution in [0.2, 0.25) is 5.02 Å². The molecule has 1 N–H and O–H groups in total. The summed E-state index contributed by atoms with van der Waals surface area (Å²) in [5.41, 5.74) is 0.242. The molecule has 0 atom stereocenters. The van der Waals surface area contributed by atoms with Crippen molar-refractivity contribution in [1.82, 2.24) is 15.1 Å². The molecule has 0 unspecified atom stereocenters. The van der Waals surface area contributed by atoms with Gasteiger partial charge in [0.15, 0.2) is 0 Å². The molecule has 0 bridgehead atoms. The molecule has 0 spiro atoms. The summed E-state index contributed by atoms with van der Waals surface area (Å²) in [5, 5.41) is 7.13. The van der Waals surface area contributed by atoms with Crippen molar-refractivity contribution in [1.29, 1.82) is 0 Å². The van der Waals surface area contributed by atoms with E-state index in [1.165, 1.54) is 30.5 Å². The molecule has 2 rings (SSSR count). The zero-order chi connectivity index (χ0) is 15.2. The van der Waals surface area contributed by atoms with Gasteiger partial charge in [-0.25, -0.2) is 0 Å². The van der Waals surface area contributed by atoms with E-state index in [4.69, 9.17) is 11.6 Å². The Hall–Kier alpha value is -2.15. The molecular weight excluding hydrogens is 304 g/mol. The molecule has 0 radical (unpaired) electrons. The highest BCUT2D eigenvalue weighted by atomic mass is 35.5. The summed E-state index contributed by atoms with van der Waals surface area (Å²) in [5.74, 6) is -0.440. The van der Waals surface area contributed by atoms with Crippen molar-refractivity contribution in [3.05, 3.63) is 47.2 Å². The lowest BCUT2D eigenvalue weighted by Crippen LogP contribution is -2.27. The molecule has 21 heavy (non-hydrogen) atoms. The van der Waals surface area contributed by atoms with E-state index in [0.717, 1.165) is 0 Å². The predicted molar refractivity (Wildman–Crippen MR) is 72.6 cm³/mol. The van der Waals surface area contributed by atoms with Gasteiger partial charge in [0.2, 0.25) is 0 Å². The molecule has 0 aliphatic rings. The largest absolute Gasteiger partial charge is 0.435 e. The third-order valence-corrected chi connectivity index (χ3v) is 2.74. The summed E-state index contributed by atoms with van der Waals surface area (Å²) in [4.78, 5) is 11.9. The number of amides is 1. The van der Waals surface area contributed by atoms with E-state index in [0.29, 0.717) is 18.1 Å². The van der Waals surface area contributed by atoms with Crippen LogP contribution in [0.5, 0.6) is 5.75 Å². The highest BCUT2D eigenvalue weighted by Crippen LogP contribution is 2.15. The lowest BCUT2D eigenvalue weighted by molar-refractivity contribution is -0.0498. The van der Waals surface area contributed by atoms with E-state index in [9.17, 15) is 13.6 Å². The smallest absolute Gasteiger partial charge is 0.387 e. The van der Waals surface area contributed by atoms with E-state index in [2.05, 4.69) is 15.2 Å². The lowest BCUT2D eigenvalue weighted by atomic mass is 10.2. The van der Waals surface area contributed by atoms with Crippen LogP contribution in [0.3, 0.4) is 0 Å². The molecule has 1 aromatic heterocycles. The number of nitrogens with zero attached hydrogens (tertiary/aromatic N) is 2. The maximum absolute atomic E-state index is 12.1. The summed E-state index contributed by atoms with van der Waals surface area (Å²) in [6.07, 6.45) is 3.12. The van der Waals surface area contributed by atoms with Crippen molar-refractivity contribution in [2.24, 2.45) is 0 Å². The molecule has 0 saturated carbocycles. The Morgan fingerprint density at radius 1 is 1.48 bits per heavy atom. The van der Waals surface area contributed by atoms with E-state index in [1.54, 1.807) is 10.9 Å². The molecule has 1 amide bonds. The minimum Gasteiger partial charge on any atom is -0.435 e. The molecular formula is C13H12ClF2N3O2. The van der Waals surface area contributed by atoms with Gasteiger partial charge < -0.3 is 10.1 Å². The number of rotatable bonds is 6. The lowest BCUT2D eigenvalue weighted by Gasteiger charge is -2.08. The fraction of sp³-hybridized carbons (Fsp3) is 0.231. The van der Waals surface area contributed by atoms with Crippen LogP contribution >= 0.6 is 11.6 Å². The predicted octanol–water partition coefficient (Wildman–Crippen LogP) is 2.57. The van der Waals surface area contributed by atoms with Crippen molar-refractivity contribution >= 4 is 17.5 Å². The fourth-order valence-corrected chi connectivity index (χ4v) is 1.82. The van der Waals surface area contributed by atoms with Gasteiger partial charge in [-0.1, -0.05) is 17.7 Å². The van der Waals surface area contributed by atoms with Gasteiger partial charge in [0.25, 0.3) is 5.91 Å². The second-order valence-corrected chi connectivity index (χ2v) is 4.52. The first kappa shape index (κ1) is 15.2. The van der Waals surface area contributed by atoms with E-state index >= 15 is 0 Å². The zero-order valence-electron chi connectivity index (χ0n) is 10.8. The quantitative estimate of drug-likeness (QED) is 0.891. The third-order valence-electron chi connectivity index (χ3n) is 2.55. The number of aromatic nitrogens is 2. The van der Waals surface area contributed by atoms with Crippen LogP contribution in [-0.4, -0.2) is 28.8 Å². The molecule has 2 aromatic rings. The molecule has 0 saturated heterocycles. The molecule has 1 aromatic carbocycles. The standard InChI is InChI=1S/C13H12ClF2N3O2/c14-10-7-18-19(8-10)5-4-17-12(20)9-2-1-3-11(6-9)21-13(15)16/h1-3,6-8,13H,4-5H2,(H,17,20). The second-order valence-electron chi connectivity index (χ2n) is 4.08. The number of ether oxygens (including phenoxy) is 1. The van der Waals surface area contributed by atoms with Crippen LogP contribution < -0.4 is 10.1 Å². The number of carbonyl (C=O) groups excluding carboxylic acids is 1. The topological polar surface area (TPSA) is 56.2 Å². The minimum atomic E-state index is -2.92. The Balaban J connectivity index is 1.88. The summed E-state index contributed by atoms with van der Waals surface area (Å²) >= 11 is 5.71. The Morgan fingerprint density at radius 3 is 2.95 bits per heavy atom. The van der Waals surface area contributed by atoms with Crippen molar-refractivity contribution < 1.29 is 18.3 Å². The Kier molecular flexibility index (Phi) is 5.10. The highest BCUT2D eigenvalue weighted by molar-refractivity contribution is 6.30. The van der Waals surface area contributed by atoms with Crippen LogP contribution in [0.25, 0.3) is 0 Å². The number of carbonyl (C=O) groups is 1. The van der Waals surface area contributed by atoms with Gasteiger partial charge in [0, 0.05) is 18.3 Å². The van der Waals surface area contributed by atoms with Crippen molar-refractivity contribution in [2.75, 3.05) is 6.54 Å². The van der Waals surface area contributed by atoms with E-state index < -0.39 is 6.61 Å². The van der Waals surface area contributed by atoms with Gasteiger partial charge >= 0.3 is 6.61 Å². The minimum absolute atomic E-state index is 0.0588. The first-order valence-corrected chi connectivity index (χ1v) is 6.43. The molecule has 8 heteroatoms. The summed E-state index contributed by atoms with van der Waals surface area (Å²) < 4.78 is 30.0.